The number of pyridine rings is 1. The fraction of sp³-hybridized carbons (Fsp3) is 0.455. The van der Waals surface area contributed by atoms with E-state index >= 15 is 0 Å². The molecule has 5 nitrogen and oxygen atoms in total. The van der Waals surface area contributed by atoms with Crippen molar-refractivity contribution in [1.82, 2.24) is 10.3 Å². The first kappa shape index (κ1) is 12.4. The molecule has 0 aliphatic heterocycles. The van der Waals surface area contributed by atoms with Crippen LogP contribution in [0.3, 0.4) is 0 Å². The average molecular weight is 223 g/mol. The Labute approximate surface area is 94.9 Å². The lowest BCUT2D eigenvalue weighted by atomic mass is 10.2. The third kappa shape index (κ3) is 3.86. The Balaban J connectivity index is 2.44. The molecule has 0 atom stereocenters. The first-order valence-electron chi connectivity index (χ1n) is 5.37. The van der Waals surface area contributed by atoms with E-state index in [1.54, 1.807) is 0 Å². The number of nitrogens with zero attached hydrogens (tertiary/aromatic N) is 1. The summed E-state index contributed by atoms with van der Waals surface area (Å²) in [5, 5.41) is 15.2. The summed E-state index contributed by atoms with van der Waals surface area (Å²) in [5.74, 6) is -0.934. The molecule has 0 spiro atoms. The van der Waals surface area contributed by atoms with Crippen LogP contribution < -0.4 is 10.6 Å². The molecule has 0 amide bonds. The van der Waals surface area contributed by atoms with Crippen molar-refractivity contribution in [1.29, 1.82) is 0 Å². The minimum Gasteiger partial charge on any atom is -0.478 e. The second-order valence-corrected chi connectivity index (χ2v) is 3.36. The molecule has 0 saturated carbocycles. The summed E-state index contributed by atoms with van der Waals surface area (Å²) in [6.45, 7) is 4.66. The summed E-state index contributed by atoms with van der Waals surface area (Å²) in [6.07, 6.45) is 3.96. The van der Waals surface area contributed by atoms with Crippen LogP contribution in [0, 0.1) is 0 Å². The summed E-state index contributed by atoms with van der Waals surface area (Å²) in [5.41, 5.74) is 0.838. The second-order valence-electron chi connectivity index (χ2n) is 3.36. The quantitative estimate of drug-likeness (QED) is 0.605. The maximum absolute atomic E-state index is 10.9. The van der Waals surface area contributed by atoms with E-state index in [0.717, 1.165) is 26.1 Å². The predicted molar refractivity (Wildman–Crippen MR) is 62.8 cm³/mol. The second kappa shape index (κ2) is 6.79. The third-order valence-corrected chi connectivity index (χ3v) is 2.15. The first-order chi connectivity index (χ1) is 7.75. The Morgan fingerprint density at radius 3 is 3.00 bits per heavy atom. The number of hydrogen-bond acceptors (Lipinski definition) is 4. The zero-order valence-corrected chi connectivity index (χ0v) is 9.36. The Hall–Kier alpha value is -1.62. The molecule has 16 heavy (non-hydrogen) atoms. The van der Waals surface area contributed by atoms with Crippen LogP contribution in [0.1, 0.15) is 23.7 Å². The van der Waals surface area contributed by atoms with Gasteiger partial charge in [-0.3, -0.25) is 4.98 Å². The van der Waals surface area contributed by atoms with Gasteiger partial charge in [0.15, 0.2) is 0 Å². The van der Waals surface area contributed by atoms with Crippen LogP contribution in [0.4, 0.5) is 5.69 Å². The number of aromatic carboxylic acids is 1. The highest BCUT2D eigenvalue weighted by molar-refractivity contribution is 5.93. The normalized spacial score (nSPS) is 10.1. The van der Waals surface area contributed by atoms with Gasteiger partial charge < -0.3 is 15.7 Å². The van der Waals surface area contributed by atoms with E-state index in [1.165, 1.54) is 18.5 Å². The van der Waals surface area contributed by atoms with Crippen LogP contribution in [0.2, 0.25) is 0 Å². The van der Waals surface area contributed by atoms with Crippen LogP contribution in [-0.2, 0) is 0 Å². The van der Waals surface area contributed by atoms with E-state index < -0.39 is 5.97 Å². The first-order valence-corrected chi connectivity index (χ1v) is 5.37. The summed E-state index contributed by atoms with van der Waals surface area (Å²) in [7, 11) is 0. The largest absolute Gasteiger partial charge is 0.478 e. The van der Waals surface area contributed by atoms with E-state index in [2.05, 4.69) is 22.5 Å². The molecule has 88 valence electrons. The highest BCUT2D eigenvalue weighted by Gasteiger charge is 2.08. The van der Waals surface area contributed by atoms with Gasteiger partial charge >= 0.3 is 5.97 Å². The van der Waals surface area contributed by atoms with Gasteiger partial charge in [0.25, 0.3) is 0 Å². The molecule has 1 aromatic rings. The zero-order chi connectivity index (χ0) is 11.8. The lowest BCUT2D eigenvalue weighted by molar-refractivity contribution is 0.0698. The van der Waals surface area contributed by atoms with Crippen LogP contribution in [0.25, 0.3) is 0 Å². The van der Waals surface area contributed by atoms with Gasteiger partial charge in [0.2, 0.25) is 0 Å². The van der Waals surface area contributed by atoms with Crippen molar-refractivity contribution in [3.05, 3.63) is 24.0 Å². The summed E-state index contributed by atoms with van der Waals surface area (Å²) in [4.78, 5) is 14.8. The molecule has 0 aliphatic carbocycles. The molecule has 0 unspecified atom stereocenters. The van der Waals surface area contributed by atoms with E-state index in [1.807, 2.05) is 0 Å². The number of carboxylic acid groups (broad SMARTS) is 1. The molecule has 0 bridgehead atoms. The average Bonchev–Trinajstić information content (AvgIpc) is 2.29. The van der Waals surface area contributed by atoms with Gasteiger partial charge in [0.05, 0.1) is 17.4 Å². The smallest absolute Gasteiger partial charge is 0.337 e. The minimum atomic E-state index is -0.934. The molecular weight excluding hydrogens is 206 g/mol. The van der Waals surface area contributed by atoms with E-state index in [9.17, 15) is 4.79 Å². The van der Waals surface area contributed by atoms with Gasteiger partial charge in [0.1, 0.15) is 0 Å². The van der Waals surface area contributed by atoms with Gasteiger partial charge in [-0.2, -0.15) is 0 Å². The zero-order valence-electron chi connectivity index (χ0n) is 9.36. The van der Waals surface area contributed by atoms with Crippen molar-refractivity contribution in [2.45, 2.75) is 13.3 Å². The molecule has 5 heteroatoms. The van der Waals surface area contributed by atoms with Gasteiger partial charge in [-0.1, -0.05) is 6.92 Å². The molecule has 1 heterocycles. The van der Waals surface area contributed by atoms with E-state index in [-0.39, 0.29) is 5.56 Å². The topological polar surface area (TPSA) is 74.2 Å². The van der Waals surface area contributed by atoms with Crippen LogP contribution in [0.5, 0.6) is 0 Å². The maximum Gasteiger partial charge on any atom is 0.337 e. The van der Waals surface area contributed by atoms with Crippen LogP contribution in [-0.4, -0.2) is 35.7 Å². The molecule has 0 saturated heterocycles. The molecule has 0 aromatic carbocycles. The van der Waals surface area contributed by atoms with E-state index in [4.69, 9.17) is 5.11 Å². The number of carboxylic acids is 1. The van der Waals surface area contributed by atoms with Gasteiger partial charge in [0, 0.05) is 12.7 Å². The Bertz CT molecular complexity index is 342. The van der Waals surface area contributed by atoms with Gasteiger partial charge in [-0.15, -0.1) is 0 Å². The number of rotatable bonds is 7. The predicted octanol–water partition coefficient (Wildman–Crippen LogP) is 1.19. The Kier molecular flexibility index (Phi) is 5.28. The number of aromatic nitrogens is 1. The van der Waals surface area contributed by atoms with Crippen molar-refractivity contribution in [2.24, 2.45) is 0 Å². The van der Waals surface area contributed by atoms with E-state index in [0.29, 0.717) is 5.69 Å². The lowest BCUT2D eigenvalue weighted by Crippen LogP contribution is -2.17. The van der Waals surface area contributed by atoms with Crippen LogP contribution >= 0.6 is 0 Å². The molecule has 1 rings (SSSR count). The fourth-order valence-electron chi connectivity index (χ4n) is 1.34. The highest BCUT2D eigenvalue weighted by Crippen LogP contribution is 2.12. The molecule has 3 N–H and O–H groups in total. The standard InChI is InChI=1S/C11H17N3O2/c1-2-12-5-3-6-14-10-8-13-7-4-9(10)11(15)16/h4,7-8,12,14H,2-3,5-6H2,1H3,(H,15,16). The van der Waals surface area contributed by atoms with Crippen LogP contribution in [0.15, 0.2) is 18.5 Å². The molecule has 1 aromatic heterocycles. The van der Waals surface area contributed by atoms with Crippen molar-refractivity contribution >= 4 is 11.7 Å². The maximum atomic E-state index is 10.9. The number of hydrogen-bond donors (Lipinski definition) is 3. The summed E-state index contributed by atoms with van der Waals surface area (Å²) < 4.78 is 0. The molecule has 0 radical (unpaired) electrons. The summed E-state index contributed by atoms with van der Waals surface area (Å²) in [6, 6.07) is 1.49. The highest BCUT2D eigenvalue weighted by atomic mass is 16.4. The number of carbonyl (C=O) groups is 1. The fourth-order valence-corrected chi connectivity index (χ4v) is 1.34. The third-order valence-electron chi connectivity index (χ3n) is 2.15. The number of anilines is 1. The van der Waals surface area contributed by atoms with Crippen molar-refractivity contribution in [3.8, 4) is 0 Å². The van der Waals surface area contributed by atoms with Gasteiger partial charge in [-0.25, -0.2) is 4.79 Å². The van der Waals surface area contributed by atoms with Crippen molar-refractivity contribution in [3.63, 3.8) is 0 Å². The van der Waals surface area contributed by atoms with Crippen molar-refractivity contribution < 1.29 is 9.90 Å². The number of nitrogens with one attached hydrogen (secondary N) is 2. The minimum absolute atomic E-state index is 0.262. The molecular formula is C11H17N3O2. The Morgan fingerprint density at radius 2 is 2.31 bits per heavy atom. The lowest BCUT2D eigenvalue weighted by Gasteiger charge is -2.08. The molecule has 0 aliphatic rings. The SMILES string of the molecule is CCNCCCNc1cnccc1C(=O)O. The van der Waals surface area contributed by atoms with Gasteiger partial charge in [-0.05, 0) is 25.6 Å². The summed E-state index contributed by atoms with van der Waals surface area (Å²) >= 11 is 0. The molecule has 0 fully saturated rings. The Morgan fingerprint density at radius 1 is 1.50 bits per heavy atom. The monoisotopic (exact) mass is 223 g/mol. The van der Waals surface area contributed by atoms with Crippen molar-refractivity contribution in [2.75, 3.05) is 25.0 Å².